The van der Waals surface area contributed by atoms with Crippen molar-refractivity contribution in [1.82, 2.24) is 10.2 Å². The van der Waals surface area contributed by atoms with Gasteiger partial charge < -0.3 is 15.0 Å². The standard InChI is InChI=1S/C20H31N3O/c1-3-24-16-8-7-13-22-20(21-2)23-14-11-19(12-15-23)17-18-9-5-4-6-10-18/h4-6,9-10,17H,3,7-8,11-16H2,1-2H3,(H,21,22). The molecule has 2 rings (SSSR count). The molecule has 1 fully saturated rings. The van der Waals surface area contributed by atoms with Crippen LogP contribution in [0.5, 0.6) is 0 Å². The maximum absolute atomic E-state index is 5.37. The number of piperidine rings is 1. The number of hydrogen-bond acceptors (Lipinski definition) is 2. The molecular weight excluding hydrogens is 298 g/mol. The Labute approximate surface area is 146 Å². The molecule has 1 N–H and O–H groups in total. The second-order valence-electron chi connectivity index (χ2n) is 6.08. The first-order valence-electron chi connectivity index (χ1n) is 9.11. The fraction of sp³-hybridized carbons (Fsp3) is 0.550. The normalized spacial score (nSPS) is 15.5. The fourth-order valence-corrected chi connectivity index (χ4v) is 2.94. The van der Waals surface area contributed by atoms with Crippen molar-refractivity contribution in [3.8, 4) is 0 Å². The summed E-state index contributed by atoms with van der Waals surface area (Å²) >= 11 is 0. The van der Waals surface area contributed by atoms with Gasteiger partial charge in [-0.3, -0.25) is 4.99 Å². The fourth-order valence-electron chi connectivity index (χ4n) is 2.94. The van der Waals surface area contributed by atoms with E-state index in [1.54, 1.807) is 0 Å². The first-order valence-corrected chi connectivity index (χ1v) is 9.11. The average Bonchev–Trinajstić information content (AvgIpc) is 2.63. The molecule has 24 heavy (non-hydrogen) atoms. The van der Waals surface area contributed by atoms with Crippen molar-refractivity contribution in [3.05, 3.63) is 41.5 Å². The van der Waals surface area contributed by atoms with E-state index < -0.39 is 0 Å². The van der Waals surface area contributed by atoms with Crippen LogP contribution in [0.2, 0.25) is 0 Å². The van der Waals surface area contributed by atoms with Gasteiger partial charge in [-0.25, -0.2) is 0 Å². The van der Waals surface area contributed by atoms with Gasteiger partial charge in [0.15, 0.2) is 5.96 Å². The van der Waals surface area contributed by atoms with E-state index in [1.165, 1.54) is 11.1 Å². The van der Waals surface area contributed by atoms with E-state index in [-0.39, 0.29) is 0 Å². The highest BCUT2D eigenvalue weighted by Gasteiger charge is 2.16. The highest BCUT2D eigenvalue weighted by atomic mass is 16.5. The number of guanidine groups is 1. The van der Waals surface area contributed by atoms with Crippen LogP contribution in [0, 0.1) is 0 Å². The van der Waals surface area contributed by atoms with Gasteiger partial charge >= 0.3 is 0 Å². The van der Waals surface area contributed by atoms with Crippen molar-refractivity contribution in [2.75, 3.05) is 39.9 Å². The molecule has 0 saturated carbocycles. The molecule has 4 nitrogen and oxygen atoms in total. The Morgan fingerprint density at radius 1 is 1.21 bits per heavy atom. The van der Waals surface area contributed by atoms with Crippen LogP contribution < -0.4 is 5.32 Å². The van der Waals surface area contributed by atoms with Crippen LogP contribution in [0.1, 0.15) is 38.2 Å². The summed E-state index contributed by atoms with van der Waals surface area (Å²) in [6.07, 6.45) is 6.77. The Balaban J connectivity index is 1.73. The van der Waals surface area contributed by atoms with Crippen molar-refractivity contribution in [2.24, 2.45) is 4.99 Å². The van der Waals surface area contributed by atoms with Gasteiger partial charge in [-0.2, -0.15) is 0 Å². The molecule has 0 atom stereocenters. The predicted molar refractivity (Wildman–Crippen MR) is 102 cm³/mol. The summed E-state index contributed by atoms with van der Waals surface area (Å²) in [5.41, 5.74) is 2.84. The minimum absolute atomic E-state index is 0.807. The zero-order valence-corrected chi connectivity index (χ0v) is 15.1. The summed E-state index contributed by atoms with van der Waals surface area (Å²) in [5, 5.41) is 3.48. The highest BCUT2D eigenvalue weighted by Crippen LogP contribution is 2.19. The smallest absolute Gasteiger partial charge is 0.193 e. The van der Waals surface area contributed by atoms with Crippen LogP contribution in [-0.2, 0) is 4.74 Å². The molecular formula is C20H31N3O. The van der Waals surface area contributed by atoms with Gasteiger partial charge in [-0.15, -0.1) is 0 Å². The SMILES string of the molecule is CCOCCCCNC(=NC)N1CCC(=Cc2ccccc2)CC1. The zero-order chi connectivity index (χ0) is 17.0. The summed E-state index contributed by atoms with van der Waals surface area (Å²) in [6.45, 7) is 6.74. The molecule has 1 aliphatic rings. The molecule has 0 aliphatic carbocycles. The lowest BCUT2D eigenvalue weighted by molar-refractivity contribution is 0.143. The number of likely N-dealkylation sites (tertiary alicyclic amines) is 1. The highest BCUT2D eigenvalue weighted by molar-refractivity contribution is 5.80. The molecule has 1 heterocycles. The van der Waals surface area contributed by atoms with Gasteiger partial charge in [-0.1, -0.05) is 42.0 Å². The Morgan fingerprint density at radius 2 is 1.96 bits per heavy atom. The maximum Gasteiger partial charge on any atom is 0.193 e. The van der Waals surface area contributed by atoms with E-state index in [9.17, 15) is 0 Å². The Kier molecular flexibility index (Phi) is 8.39. The van der Waals surface area contributed by atoms with Crippen LogP contribution >= 0.6 is 0 Å². The van der Waals surface area contributed by atoms with Crippen molar-refractivity contribution >= 4 is 12.0 Å². The molecule has 0 radical (unpaired) electrons. The third kappa shape index (κ3) is 6.36. The molecule has 0 bridgehead atoms. The number of aliphatic imine (C=N–C) groups is 1. The molecule has 0 spiro atoms. The molecule has 1 aliphatic heterocycles. The van der Waals surface area contributed by atoms with Gasteiger partial charge in [0.2, 0.25) is 0 Å². The third-order valence-corrected chi connectivity index (χ3v) is 4.29. The monoisotopic (exact) mass is 329 g/mol. The molecule has 1 aromatic rings. The lowest BCUT2D eigenvalue weighted by Gasteiger charge is -2.31. The third-order valence-electron chi connectivity index (χ3n) is 4.29. The van der Waals surface area contributed by atoms with Crippen LogP contribution in [-0.4, -0.2) is 50.8 Å². The van der Waals surface area contributed by atoms with Crippen LogP contribution in [0.3, 0.4) is 0 Å². The molecule has 1 aromatic carbocycles. The zero-order valence-electron chi connectivity index (χ0n) is 15.1. The van der Waals surface area contributed by atoms with Crippen LogP contribution in [0.4, 0.5) is 0 Å². The summed E-state index contributed by atoms with van der Waals surface area (Å²) in [7, 11) is 1.87. The molecule has 132 valence electrons. The summed E-state index contributed by atoms with van der Waals surface area (Å²) in [4.78, 5) is 6.80. The second-order valence-corrected chi connectivity index (χ2v) is 6.08. The van der Waals surface area contributed by atoms with Crippen molar-refractivity contribution < 1.29 is 4.74 Å². The van der Waals surface area contributed by atoms with Gasteiger partial charge in [-0.05, 0) is 38.2 Å². The lowest BCUT2D eigenvalue weighted by atomic mass is 10.0. The lowest BCUT2D eigenvalue weighted by Crippen LogP contribution is -2.44. The Morgan fingerprint density at radius 3 is 2.62 bits per heavy atom. The predicted octanol–water partition coefficient (Wildman–Crippen LogP) is 3.56. The number of ether oxygens (including phenoxy) is 1. The number of benzene rings is 1. The number of nitrogens with one attached hydrogen (secondary N) is 1. The Hall–Kier alpha value is -1.81. The van der Waals surface area contributed by atoms with Crippen LogP contribution in [0.25, 0.3) is 6.08 Å². The second kappa shape index (κ2) is 10.9. The number of rotatable bonds is 7. The molecule has 0 aromatic heterocycles. The van der Waals surface area contributed by atoms with Gasteiger partial charge in [0, 0.05) is 39.9 Å². The number of nitrogens with zero attached hydrogens (tertiary/aromatic N) is 2. The minimum Gasteiger partial charge on any atom is -0.382 e. The number of hydrogen-bond donors (Lipinski definition) is 1. The first kappa shape index (κ1) is 18.5. The van der Waals surface area contributed by atoms with Crippen LogP contribution in [0.15, 0.2) is 40.9 Å². The van der Waals surface area contributed by atoms with E-state index >= 15 is 0 Å². The Bertz CT molecular complexity index is 515. The topological polar surface area (TPSA) is 36.9 Å². The van der Waals surface area contributed by atoms with E-state index in [2.05, 4.69) is 51.6 Å². The van der Waals surface area contributed by atoms with E-state index in [1.807, 2.05) is 14.0 Å². The molecule has 1 saturated heterocycles. The minimum atomic E-state index is 0.807. The summed E-state index contributed by atoms with van der Waals surface area (Å²) < 4.78 is 5.37. The summed E-state index contributed by atoms with van der Waals surface area (Å²) in [6, 6.07) is 10.6. The maximum atomic E-state index is 5.37. The average molecular weight is 329 g/mol. The number of unbranched alkanes of at least 4 members (excludes halogenated alkanes) is 1. The van der Waals surface area contributed by atoms with E-state index in [0.717, 1.165) is 64.5 Å². The van der Waals surface area contributed by atoms with Gasteiger partial charge in [0.05, 0.1) is 0 Å². The largest absolute Gasteiger partial charge is 0.382 e. The first-order chi connectivity index (χ1) is 11.8. The van der Waals surface area contributed by atoms with E-state index in [4.69, 9.17) is 4.74 Å². The summed E-state index contributed by atoms with van der Waals surface area (Å²) in [5.74, 6) is 1.03. The van der Waals surface area contributed by atoms with Gasteiger partial charge in [0.1, 0.15) is 0 Å². The molecule has 4 heteroatoms. The quantitative estimate of drug-likeness (QED) is 0.472. The molecule has 0 amide bonds. The molecule has 0 unspecified atom stereocenters. The van der Waals surface area contributed by atoms with Gasteiger partial charge in [0.25, 0.3) is 0 Å². The van der Waals surface area contributed by atoms with Crippen molar-refractivity contribution in [1.29, 1.82) is 0 Å². The van der Waals surface area contributed by atoms with Crippen molar-refractivity contribution in [3.63, 3.8) is 0 Å². The van der Waals surface area contributed by atoms with Crippen molar-refractivity contribution in [2.45, 2.75) is 32.6 Å². The van der Waals surface area contributed by atoms with E-state index in [0.29, 0.717) is 0 Å².